The number of hydrogen-bond acceptors (Lipinski definition) is 4. The molecule has 0 radical (unpaired) electrons. The van der Waals surface area contributed by atoms with E-state index in [1.54, 1.807) is 16.8 Å². The number of hydrogen-bond donors (Lipinski definition) is 1. The lowest BCUT2D eigenvalue weighted by Gasteiger charge is -2.36. The number of amides is 2. The van der Waals surface area contributed by atoms with Crippen LogP contribution in [0.3, 0.4) is 0 Å². The molecule has 2 unspecified atom stereocenters. The average Bonchev–Trinajstić information content (AvgIpc) is 2.90. The highest BCUT2D eigenvalue weighted by atomic mass is 16.5. The summed E-state index contributed by atoms with van der Waals surface area (Å²) in [6.07, 6.45) is 0.369. The Hall–Kier alpha value is -1.34. The van der Waals surface area contributed by atoms with Crippen molar-refractivity contribution in [3.05, 3.63) is 0 Å². The third kappa shape index (κ3) is 3.57. The third-order valence-corrected chi connectivity index (χ3v) is 3.57. The molecule has 108 valence electrons. The number of urea groups is 1. The standard InChI is InChI=1S/C12H20N2O5/c1-13(9-2-4-18-8-9)12(17)14-3-5-19-10(7-14)6-11(15)16/h9-10H,2-8H2,1H3,(H,15,16). The van der Waals surface area contributed by atoms with Crippen LogP contribution in [0.1, 0.15) is 12.8 Å². The summed E-state index contributed by atoms with van der Waals surface area (Å²) in [6, 6.07) is 0.0439. The second-order valence-corrected chi connectivity index (χ2v) is 4.95. The molecule has 0 aromatic heterocycles. The number of likely N-dealkylation sites (N-methyl/N-ethyl adjacent to an activating group) is 1. The summed E-state index contributed by atoms with van der Waals surface area (Å²) in [5.74, 6) is -0.906. The number of aliphatic carboxylic acids is 1. The van der Waals surface area contributed by atoms with Crippen molar-refractivity contribution in [2.75, 3.05) is 40.0 Å². The van der Waals surface area contributed by atoms with Gasteiger partial charge in [-0.25, -0.2) is 4.79 Å². The highest BCUT2D eigenvalue weighted by molar-refractivity contribution is 5.75. The van der Waals surface area contributed by atoms with E-state index in [1.807, 2.05) is 0 Å². The van der Waals surface area contributed by atoms with Gasteiger partial charge >= 0.3 is 12.0 Å². The Kier molecular flexibility index (Phi) is 4.60. The largest absolute Gasteiger partial charge is 0.481 e. The maximum Gasteiger partial charge on any atom is 0.320 e. The van der Waals surface area contributed by atoms with E-state index in [9.17, 15) is 9.59 Å². The van der Waals surface area contributed by atoms with Gasteiger partial charge in [-0.15, -0.1) is 0 Å². The monoisotopic (exact) mass is 272 g/mol. The molecule has 0 bridgehead atoms. The minimum atomic E-state index is -0.906. The second-order valence-electron chi connectivity index (χ2n) is 4.95. The van der Waals surface area contributed by atoms with Crippen molar-refractivity contribution in [2.45, 2.75) is 25.0 Å². The van der Waals surface area contributed by atoms with Crippen molar-refractivity contribution < 1.29 is 24.2 Å². The number of morpholine rings is 1. The van der Waals surface area contributed by atoms with Crippen molar-refractivity contribution in [3.8, 4) is 0 Å². The van der Waals surface area contributed by atoms with Gasteiger partial charge in [-0.1, -0.05) is 0 Å². The molecular formula is C12H20N2O5. The van der Waals surface area contributed by atoms with Crippen LogP contribution in [0, 0.1) is 0 Å². The van der Waals surface area contributed by atoms with Crippen LogP contribution in [0.15, 0.2) is 0 Å². The van der Waals surface area contributed by atoms with E-state index in [0.29, 0.717) is 32.9 Å². The van der Waals surface area contributed by atoms with Crippen LogP contribution in [0.25, 0.3) is 0 Å². The lowest BCUT2D eigenvalue weighted by molar-refractivity contribution is -0.141. The summed E-state index contributed by atoms with van der Waals surface area (Å²) in [4.78, 5) is 26.3. The normalized spacial score (nSPS) is 27.3. The van der Waals surface area contributed by atoms with Crippen molar-refractivity contribution in [1.29, 1.82) is 0 Å². The van der Waals surface area contributed by atoms with Crippen LogP contribution in [-0.2, 0) is 14.3 Å². The molecule has 2 aliphatic rings. The van der Waals surface area contributed by atoms with E-state index in [4.69, 9.17) is 14.6 Å². The van der Waals surface area contributed by atoms with Gasteiger partial charge in [0.2, 0.25) is 0 Å². The Balaban J connectivity index is 1.88. The van der Waals surface area contributed by atoms with Gasteiger partial charge in [0, 0.05) is 26.7 Å². The van der Waals surface area contributed by atoms with E-state index in [1.165, 1.54) is 0 Å². The molecule has 2 saturated heterocycles. The first-order valence-corrected chi connectivity index (χ1v) is 6.51. The maximum absolute atomic E-state index is 12.3. The Morgan fingerprint density at radius 1 is 1.42 bits per heavy atom. The molecule has 0 aromatic rings. The van der Waals surface area contributed by atoms with Crippen molar-refractivity contribution >= 4 is 12.0 Å². The van der Waals surface area contributed by atoms with E-state index in [-0.39, 0.29) is 18.5 Å². The van der Waals surface area contributed by atoms with Crippen LogP contribution < -0.4 is 0 Å². The van der Waals surface area contributed by atoms with E-state index >= 15 is 0 Å². The quantitative estimate of drug-likeness (QED) is 0.782. The molecule has 0 saturated carbocycles. The molecular weight excluding hydrogens is 252 g/mol. The molecule has 0 aliphatic carbocycles. The number of carbonyl (C=O) groups is 2. The number of carbonyl (C=O) groups excluding carboxylic acids is 1. The predicted molar refractivity (Wildman–Crippen MR) is 65.9 cm³/mol. The number of carboxylic acid groups (broad SMARTS) is 1. The lowest BCUT2D eigenvalue weighted by Crippen LogP contribution is -2.52. The number of ether oxygens (including phenoxy) is 2. The minimum absolute atomic E-state index is 0.0694. The van der Waals surface area contributed by atoms with Gasteiger partial charge in [-0.2, -0.15) is 0 Å². The molecule has 7 nitrogen and oxygen atoms in total. The molecule has 0 aromatic carbocycles. The second kappa shape index (κ2) is 6.21. The SMILES string of the molecule is CN(C(=O)N1CCOC(CC(=O)O)C1)C1CCOC1. The molecule has 1 N–H and O–H groups in total. The van der Waals surface area contributed by atoms with Crippen LogP contribution in [0.2, 0.25) is 0 Å². The van der Waals surface area contributed by atoms with E-state index in [0.717, 1.165) is 6.42 Å². The van der Waals surface area contributed by atoms with Crippen LogP contribution in [0.5, 0.6) is 0 Å². The summed E-state index contributed by atoms with van der Waals surface area (Å²) in [6.45, 7) is 2.49. The third-order valence-electron chi connectivity index (χ3n) is 3.57. The average molecular weight is 272 g/mol. The van der Waals surface area contributed by atoms with Gasteiger partial charge < -0.3 is 24.4 Å². The first-order valence-electron chi connectivity index (χ1n) is 6.51. The van der Waals surface area contributed by atoms with Crippen LogP contribution >= 0.6 is 0 Å². The first kappa shape index (κ1) is 14.1. The fourth-order valence-electron chi connectivity index (χ4n) is 2.42. The number of nitrogens with zero attached hydrogens (tertiary/aromatic N) is 2. The highest BCUT2D eigenvalue weighted by Crippen LogP contribution is 2.15. The summed E-state index contributed by atoms with van der Waals surface area (Å²) in [5, 5.41) is 8.76. The van der Waals surface area contributed by atoms with Gasteiger partial charge in [0.05, 0.1) is 31.8 Å². The van der Waals surface area contributed by atoms with Crippen molar-refractivity contribution in [1.82, 2.24) is 9.80 Å². The maximum atomic E-state index is 12.3. The van der Waals surface area contributed by atoms with Gasteiger partial charge in [-0.05, 0) is 6.42 Å². The van der Waals surface area contributed by atoms with E-state index in [2.05, 4.69) is 0 Å². The van der Waals surface area contributed by atoms with Gasteiger partial charge in [0.25, 0.3) is 0 Å². The topological polar surface area (TPSA) is 79.3 Å². The molecule has 2 atom stereocenters. The van der Waals surface area contributed by atoms with Gasteiger partial charge in [0.15, 0.2) is 0 Å². The molecule has 2 fully saturated rings. The zero-order chi connectivity index (χ0) is 13.8. The number of carboxylic acids is 1. The highest BCUT2D eigenvalue weighted by Gasteiger charge is 2.31. The van der Waals surface area contributed by atoms with Gasteiger partial charge in [-0.3, -0.25) is 4.79 Å². The molecule has 7 heteroatoms. The Morgan fingerprint density at radius 3 is 2.84 bits per heavy atom. The molecule has 0 spiro atoms. The molecule has 2 amide bonds. The molecule has 2 rings (SSSR count). The lowest BCUT2D eigenvalue weighted by atomic mass is 10.2. The Bertz CT molecular complexity index is 343. The van der Waals surface area contributed by atoms with Crippen LogP contribution in [-0.4, -0.2) is 79.0 Å². The summed E-state index contributed by atoms with van der Waals surface area (Å²) < 4.78 is 10.6. The summed E-state index contributed by atoms with van der Waals surface area (Å²) in [7, 11) is 1.77. The molecule has 19 heavy (non-hydrogen) atoms. The fourth-order valence-corrected chi connectivity index (χ4v) is 2.42. The summed E-state index contributed by atoms with van der Waals surface area (Å²) in [5.41, 5.74) is 0. The molecule has 2 heterocycles. The Morgan fingerprint density at radius 2 is 2.21 bits per heavy atom. The van der Waals surface area contributed by atoms with Crippen LogP contribution in [0.4, 0.5) is 4.79 Å². The van der Waals surface area contributed by atoms with E-state index < -0.39 is 12.1 Å². The zero-order valence-electron chi connectivity index (χ0n) is 11.1. The van der Waals surface area contributed by atoms with Crippen molar-refractivity contribution in [3.63, 3.8) is 0 Å². The smallest absolute Gasteiger partial charge is 0.320 e. The first-order chi connectivity index (χ1) is 9.08. The van der Waals surface area contributed by atoms with Gasteiger partial charge in [0.1, 0.15) is 0 Å². The zero-order valence-corrected chi connectivity index (χ0v) is 11.1. The Labute approximate surface area is 112 Å². The fraction of sp³-hybridized carbons (Fsp3) is 0.833. The van der Waals surface area contributed by atoms with Crippen molar-refractivity contribution in [2.24, 2.45) is 0 Å². The predicted octanol–water partition coefficient (Wildman–Crippen LogP) is 0.00260. The number of rotatable bonds is 3. The minimum Gasteiger partial charge on any atom is -0.481 e. The molecule has 2 aliphatic heterocycles. The summed E-state index contributed by atoms with van der Waals surface area (Å²) >= 11 is 0.